The lowest BCUT2D eigenvalue weighted by Gasteiger charge is -2.38. The zero-order valence-corrected chi connectivity index (χ0v) is 20.9. The Morgan fingerprint density at radius 2 is 1.00 bits per heavy atom. The van der Waals surface area contributed by atoms with Gasteiger partial charge in [-0.15, -0.1) is 0 Å². The van der Waals surface area contributed by atoms with Crippen LogP contribution in [0.5, 0.6) is 0 Å². The molecule has 2 nitrogen and oxygen atoms in total. The van der Waals surface area contributed by atoms with E-state index in [1.165, 1.54) is 16.7 Å². The molecule has 0 fully saturated rings. The molecule has 0 radical (unpaired) electrons. The highest BCUT2D eigenvalue weighted by Crippen LogP contribution is 2.45. The van der Waals surface area contributed by atoms with E-state index in [0.717, 1.165) is 10.8 Å². The molecule has 0 saturated carbocycles. The van der Waals surface area contributed by atoms with Crippen LogP contribution in [-0.4, -0.2) is 11.6 Å². The molecule has 1 aliphatic rings. The van der Waals surface area contributed by atoms with E-state index in [9.17, 15) is 9.59 Å². The van der Waals surface area contributed by atoms with Gasteiger partial charge < -0.3 is 0 Å². The quantitative estimate of drug-likeness (QED) is 0.291. The maximum Gasteiger partial charge on any atom is 0.194 e. The lowest BCUT2D eigenvalue weighted by atomic mass is 9.66. The summed E-state index contributed by atoms with van der Waals surface area (Å²) in [4.78, 5) is 26.7. The molecule has 0 amide bonds. The molecule has 32 heavy (non-hydrogen) atoms. The van der Waals surface area contributed by atoms with Gasteiger partial charge in [0.05, 0.1) is 0 Å². The van der Waals surface area contributed by atoms with Crippen molar-refractivity contribution >= 4 is 22.3 Å². The number of fused-ring (bicyclic) bond motifs is 3. The standard InChI is InChI=1S/C30H34O2/c1-28(2,3)23-15-17-14-21-22(27(32)19-13-11-10-12-18(19)26(21)31)16-20(17)24(29(4,5)6)25(23)30(7,8)9/h10-16H,1-9H3. The minimum Gasteiger partial charge on any atom is -0.289 e. The fourth-order valence-corrected chi connectivity index (χ4v) is 5.14. The van der Waals surface area contributed by atoms with Gasteiger partial charge in [-0.2, -0.15) is 0 Å². The molecule has 3 aromatic rings. The van der Waals surface area contributed by atoms with Crippen molar-refractivity contribution in [2.75, 3.05) is 0 Å². The van der Waals surface area contributed by atoms with E-state index in [0.29, 0.717) is 22.3 Å². The summed E-state index contributed by atoms with van der Waals surface area (Å²) in [5, 5.41) is 2.11. The molecule has 0 saturated heterocycles. The fourth-order valence-electron chi connectivity index (χ4n) is 5.14. The van der Waals surface area contributed by atoms with Gasteiger partial charge in [-0.25, -0.2) is 0 Å². The monoisotopic (exact) mass is 426 g/mol. The van der Waals surface area contributed by atoms with Crippen LogP contribution in [0.4, 0.5) is 0 Å². The van der Waals surface area contributed by atoms with Crippen molar-refractivity contribution in [1.29, 1.82) is 0 Å². The van der Waals surface area contributed by atoms with Gasteiger partial charge in [0.15, 0.2) is 11.6 Å². The van der Waals surface area contributed by atoms with Crippen LogP contribution in [0.1, 0.15) is 111 Å². The molecule has 4 rings (SSSR count). The summed E-state index contributed by atoms with van der Waals surface area (Å²) in [7, 11) is 0. The third-order valence-electron chi connectivity index (χ3n) is 6.49. The van der Waals surface area contributed by atoms with Crippen LogP contribution in [0.2, 0.25) is 0 Å². The van der Waals surface area contributed by atoms with Crippen LogP contribution in [-0.2, 0) is 16.2 Å². The minimum atomic E-state index is -0.129. The van der Waals surface area contributed by atoms with Gasteiger partial charge in [0.2, 0.25) is 0 Å². The molecule has 166 valence electrons. The number of carbonyl (C=O) groups is 2. The van der Waals surface area contributed by atoms with Crippen LogP contribution in [0, 0.1) is 0 Å². The fraction of sp³-hybridized carbons (Fsp3) is 0.400. The average Bonchev–Trinajstić information content (AvgIpc) is 2.67. The molecular formula is C30H34O2. The van der Waals surface area contributed by atoms with Crippen LogP contribution in [0.25, 0.3) is 10.8 Å². The largest absolute Gasteiger partial charge is 0.289 e. The highest BCUT2D eigenvalue weighted by molar-refractivity contribution is 6.29. The first-order valence-electron chi connectivity index (χ1n) is 11.5. The maximum atomic E-state index is 13.4. The average molecular weight is 427 g/mol. The van der Waals surface area contributed by atoms with Crippen molar-refractivity contribution in [3.8, 4) is 0 Å². The zero-order chi connectivity index (χ0) is 23.8. The summed E-state index contributed by atoms with van der Waals surface area (Å²) >= 11 is 0. The van der Waals surface area contributed by atoms with E-state index < -0.39 is 0 Å². The predicted octanol–water partition coefficient (Wildman–Crippen LogP) is 7.51. The predicted molar refractivity (Wildman–Crippen MR) is 133 cm³/mol. The molecule has 0 spiro atoms. The minimum absolute atomic E-state index is 0.0564. The van der Waals surface area contributed by atoms with E-state index in [1.807, 2.05) is 24.3 Å². The van der Waals surface area contributed by atoms with Crippen molar-refractivity contribution < 1.29 is 9.59 Å². The molecule has 0 aromatic heterocycles. The molecule has 3 aromatic carbocycles. The van der Waals surface area contributed by atoms with Gasteiger partial charge in [-0.3, -0.25) is 9.59 Å². The number of rotatable bonds is 0. The summed E-state index contributed by atoms with van der Waals surface area (Å²) < 4.78 is 0. The second-order valence-corrected chi connectivity index (χ2v) is 12.2. The van der Waals surface area contributed by atoms with Gasteiger partial charge >= 0.3 is 0 Å². The van der Waals surface area contributed by atoms with Crippen LogP contribution in [0.3, 0.4) is 0 Å². The molecular weight excluding hydrogens is 392 g/mol. The Morgan fingerprint density at radius 1 is 0.531 bits per heavy atom. The summed E-state index contributed by atoms with van der Waals surface area (Å²) in [6.07, 6.45) is 0. The topological polar surface area (TPSA) is 34.1 Å². The Balaban J connectivity index is 2.19. The van der Waals surface area contributed by atoms with Crippen molar-refractivity contribution in [3.63, 3.8) is 0 Å². The highest BCUT2D eigenvalue weighted by atomic mass is 16.1. The van der Waals surface area contributed by atoms with E-state index in [-0.39, 0.29) is 27.8 Å². The molecule has 0 aliphatic heterocycles. The third kappa shape index (κ3) is 3.41. The van der Waals surface area contributed by atoms with Crippen LogP contribution < -0.4 is 0 Å². The number of hydrogen-bond donors (Lipinski definition) is 0. The summed E-state index contributed by atoms with van der Waals surface area (Å²) in [6, 6.07) is 13.4. The lowest BCUT2D eigenvalue weighted by molar-refractivity contribution is 0.0979. The summed E-state index contributed by atoms with van der Waals surface area (Å²) in [5.41, 5.74) is 5.72. The maximum absolute atomic E-state index is 13.4. The van der Waals surface area contributed by atoms with E-state index >= 15 is 0 Å². The number of benzene rings is 3. The first kappa shape index (κ1) is 22.5. The van der Waals surface area contributed by atoms with Crippen molar-refractivity contribution in [2.24, 2.45) is 0 Å². The first-order chi connectivity index (χ1) is 14.6. The summed E-state index contributed by atoms with van der Waals surface area (Å²) in [5.74, 6) is -0.124. The Bertz CT molecular complexity index is 1290. The Morgan fingerprint density at radius 3 is 1.44 bits per heavy atom. The number of carbonyl (C=O) groups excluding carboxylic acids is 2. The van der Waals surface area contributed by atoms with Crippen molar-refractivity contribution in [2.45, 2.75) is 78.6 Å². The third-order valence-corrected chi connectivity index (χ3v) is 6.49. The normalized spacial score (nSPS) is 14.5. The number of hydrogen-bond acceptors (Lipinski definition) is 2. The molecule has 0 atom stereocenters. The Labute approximate surface area is 192 Å². The highest BCUT2D eigenvalue weighted by Gasteiger charge is 2.35. The molecule has 0 unspecified atom stereocenters. The second-order valence-electron chi connectivity index (χ2n) is 12.2. The smallest absolute Gasteiger partial charge is 0.194 e. The Hall–Kier alpha value is -2.74. The van der Waals surface area contributed by atoms with E-state index in [2.05, 4.69) is 68.4 Å². The number of ketones is 2. The summed E-state index contributed by atoms with van der Waals surface area (Å²) in [6.45, 7) is 20.3. The van der Waals surface area contributed by atoms with Gasteiger partial charge in [-0.1, -0.05) is 92.6 Å². The van der Waals surface area contributed by atoms with Crippen molar-refractivity contribution in [3.05, 3.63) is 81.4 Å². The SMILES string of the molecule is CC(C)(C)c1cc2cc3c(cc2c(C(C)(C)C)c1C(C)(C)C)C(=O)c1ccccc1C3=O. The van der Waals surface area contributed by atoms with Crippen molar-refractivity contribution in [1.82, 2.24) is 0 Å². The van der Waals surface area contributed by atoms with Gasteiger partial charge in [0, 0.05) is 22.3 Å². The Kier molecular flexibility index (Phi) is 4.83. The van der Waals surface area contributed by atoms with E-state index in [4.69, 9.17) is 0 Å². The molecule has 2 heteroatoms. The second kappa shape index (κ2) is 6.88. The molecule has 0 N–H and O–H groups in total. The van der Waals surface area contributed by atoms with Gasteiger partial charge in [0.25, 0.3) is 0 Å². The molecule has 1 aliphatic carbocycles. The molecule has 0 heterocycles. The van der Waals surface area contributed by atoms with Gasteiger partial charge in [-0.05, 0) is 55.8 Å². The van der Waals surface area contributed by atoms with Crippen LogP contribution >= 0.6 is 0 Å². The lowest BCUT2D eigenvalue weighted by Crippen LogP contribution is -2.29. The van der Waals surface area contributed by atoms with Crippen LogP contribution in [0.15, 0.2) is 42.5 Å². The van der Waals surface area contributed by atoms with E-state index in [1.54, 1.807) is 12.1 Å². The molecule has 0 bridgehead atoms. The zero-order valence-electron chi connectivity index (χ0n) is 20.9. The first-order valence-corrected chi connectivity index (χ1v) is 11.5. The van der Waals surface area contributed by atoms with Gasteiger partial charge in [0.1, 0.15) is 0 Å².